The summed E-state index contributed by atoms with van der Waals surface area (Å²) in [5.74, 6) is 1.17. The van der Waals surface area contributed by atoms with Crippen LogP contribution in [0.25, 0.3) is 0 Å². The van der Waals surface area contributed by atoms with Crippen LogP contribution in [-0.2, 0) is 11.2 Å². The van der Waals surface area contributed by atoms with Gasteiger partial charge in [0, 0.05) is 12.8 Å². The third-order valence-electron chi connectivity index (χ3n) is 1.63. The number of rotatable bonds is 4. The van der Waals surface area contributed by atoms with E-state index in [1.807, 2.05) is 32.1 Å². The maximum absolute atomic E-state index is 10.3. The molecule has 0 spiro atoms. The highest BCUT2D eigenvalue weighted by Gasteiger charge is 1.86. The molecule has 0 saturated carbocycles. The van der Waals surface area contributed by atoms with Gasteiger partial charge >= 0.3 is 0 Å². The number of carbonyl (C=O) groups is 1. The summed E-state index contributed by atoms with van der Waals surface area (Å²) in [4.78, 5) is 10.3. The standard InChI is InChI=1S/C7H8O.C6H10O/c1-2-4-7-5-3-6-8-7;1-3-5-6(7)4-2/h2-3,5-6H,1,4H2;3,5H,4H2,1-2H3. The van der Waals surface area contributed by atoms with Crippen LogP contribution >= 0.6 is 0 Å². The summed E-state index contributed by atoms with van der Waals surface area (Å²) in [6.07, 6.45) is 8.26. The second kappa shape index (κ2) is 9.00. The van der Waals surface area contributed by atoms with Gasteiger partial charge in [-0.1, -0.05) is 19.1 Å². The van der Waals surface area contributed by atoms with Gasteiger partial charge in [0.1, 0.15) is 5.76 Å². The molecule has 15 heavy (non-hydrogen) atoms. The number of allylic oxidation sites excluding steroid dienone is 3. The Kier molecular flexibility index (Phi) is 8.06. The first kappa shape index (κ1) is 13.4. The average molecular weight is 206 g/mol. The number of hydrogen-bond donors (Lipinski definition) is 0. The van der Waals surface area contributed by atoms with E-state index in [-0.39, 0.29) is 5.78 Å². The normalized spacial score (nSPS) is 9.47. The third kappa shape index (κ3) is 7.50. The minimum absolute atomic E-state index is 0.197. The number of ketones is 1. The van der Waals surface area contributed by atoms with Crippen LogP contribution in [0.2, 0.25) is 0 Å². The lowest BCUT2D eigenvalue weighted by Crippen LogP contribution is -1.84. The Bertz CT molecular complexity index is 294. The lowest BCUT2D eigenvalue weighted by molar-refractivity contribution is -0.114. The fourth-order valence-corrected chi connectivity index (χ4v) is 0.875. The van der Waals surface area contributed by atoms with E-state index in [0.29, 0.717) is 6.42 Å². The highest BCUT2D eigenvalue weighted by molar-refractivity contribution is 5.89. The SMILES string of the molecule is C=CCc1ccco1.CC=CC(=O)CC. The zero-order chi connectivity index (χ0) is 11.5. The minimum atomic E-state index is 0.197. The predicted molar refractivity (Wildman–Crippen MR) is 62.7 cm³/mol. The van der Waals surface area contributed by atoms with Gasteiger partial charge in [-0.15, -0.1) is 6.58 Å². The smallest absolute Gasteiger partial charge is 0.155 e. The van der Waals surface area contributed by atoms with E-state index in [1.165, 1.54) is 0 Å². The molecule has 0 amide bonds. The largest absolute Gasteiger partial charge is 0.469 e. The van der Waals surface area contributed by atoms with Crippen molar-refractivity contribution in [1.82, 2.24) is 0 Å². The van der Waals surface area contributed by atoms with Gasteiger partial charge < -0.3 is 4.42 Å². The molecule has 1 rings (SSSR count). The second-order valence-electron chi connectivity index (χ2n) is 2.89. The Morgan fingerprint density at radius 3 is 2.67 bits per heavy atom. The van der Waals surface area contributed by atoms with Crippen molar-refractivity contribution in [2.24, 2.45) is 0 Å². The molecule has 82 valence electrons. The summed E-state index contributed by atoms with van der Waals surface area (Å²) in [5, 5.41) is 0. The lowest BCUT2D eigenvalue weighted by atomic mass is 10.3. The monoisotopic (exact) mass is 206 g/mol. The van der Waals surface area contributed by atoms with Crippen molar-refractivity contribution >= 4 is 5.78 Å². The molecular weight excluding hydrogens is 188 g/mol. The zero-order valence-corrected chi connectivity index (χ0v) is 9.40. The zero-order valence-electron chi connectivity index (χ0n) is 9.40. The van der Waals surface area contributed by atoms with Gasteiger partial charge in [0.05, 0.1) is 6.26 Å². The molecule has 0 unspecified atom stereocenters. The fourth-order valence-electron chi connectivity index (χ4n) is 0.875. The Balaban J connectivity index is 0.000000265. The Hall–Kier alpha value is -1.57. The summed E-state index contributed by atoms with van der Waals surface area (Å²) in [6, 6.07) is 3.81. The van der Waals surface area contributed by atoms with Crippen LogP contribution in [0.4, 0.5) is 0 Å². The van der Waals surface area contributed by atoms with Crippen LogP contribution < -0.4 is 0 Å². The van der Waals surface area contributed by atoms with Gasteiger partial charge in [-0.2, -0.15) is 0 Å². The maximum Gasteiger partial charge on any atom is 0.155 e. The minimum Gasteiger partial charge on any atom is -0.469 e. The van der Waals surface area contributed by atoms with Crippen molar-refractivity contribution in [3.63, 3.8) is 0 Å². The van der Waals surface area contributed by atoms with Gasteiger partial charge in [-0.3, -0.25) is 4.79 Å². The van der Waals surface area contributed by atoms with Crippen LogP contribution in [0.15, 0.2) is 47.6 Å². The second-order valence-corrected chi connectivity index (χ2v) is 2.89. The number of hydrogen-bond acceptors (Lipinski definition) is 2. The summed E-state index contributed by atoms with van der Waals surface area (Å²) in [6.45, 7) is 7.27. The molecule has 0 aromatic carbocycles. The number of carbonyl (C=O) groups excluding carboxylic acids is 1. The fraction of sp³-hybridized carbons (Fsp3) is 0.308. The van der Waals surface area contributed by atoms with Gasteiger partial charge in [0.15, 0.2) is 5.78 Å². The molecule has 1 heterocycles. The summed E-state index contributed by atoms with van der Waals surface area (Å²) in [5.41, 5.74) is 0. The van der Waals surface area contributed by atoms with Crippen molar-refractivity contribution in [2.45, 2.75) is 26.7 Å². The van der Waals surface area contributed by atoms with Gasteiger partial charge in [-0.25, -0.2) is 0 Å². The van der Waals surface area contributed by atoms with Crippen molar-refractivity contribution < 1.29 is 9.21 Å². The molecule has 0 aliphatic rings. The van der Waals surface area contributed by atoms with E-state index >= 15 is 0 Å². The van der Waals surface area contributed by atoms with E-state index in [2.05, 4.69) is 6.58 Å². The highest BCUT2D eigenvalue weighted by Crippen LogP contribution is 1.99. The first-order valence-electron chi connectivity index (χ1n) is 5.03. The van der Waals surface area contributed by atoms with Gasteiger partial charge in [0.2, 0.25) is 0 Å². The highest BCUT2D eigenvalue weighted by atomic mass is 16.3. The van der Waals surface area contributed by atoms with Crippen LogP contribution in [0.3, 0.4) is 0 Å². The van der Waals surface area contributed by atoms with Crippen molar-refractivity contribution in [1.29, 1.82) is 0 Å². The van der Waals surface area contributed by atoms with Crippen LogP contribution in [-0.4, -0.2) is 5.78 Å². The summed E-state index contributed by atoms with van der Waals surface area (Å²) < 4.78 is 5.00. The van der Waals surface area contributed by atoms with E-state index in [1.54, 1.807) is 18.4 Å². The molecule has 0 fully saturated rings. The molecule has 0 saturated heterocycles. The van der Waals surface area contributed by atoms with Crippen molar-refractivity contribution in [2.75, 3.05) is 0 Å². The predicted octanol–water partition coefficient (Wildman–Crippen LogP) is 3.55. The molecular formula is C13H18O2. The molecule has 0 N–H and O–H groups in total. The molecule has 1 aromatic rings. The van der Waals surface area contributed by atoms with E-state index in [4.69, 9.17) is 4.42 Å². The van der Waals surface area contributed by atoms with E-state index < -0.39 is 0 Å². The first-order chi connectivity index (χ1) is 7.24. The average Bonchev–Trinajstić information content (AvgIpc) is 2.72. The van der Waals surface area contributed by atoms with E-state index in [9.17, 15) is 4.79 Å². The van der Waals surface area contributed by atoms with Crippen molar-refractivity contribution in [3.05, 3.63) is 49.0 Å². The quantitative estimate of drug-likeness (QED) is 0.557. The van der Waals surface area contributed by atoms with Crippen LogP contribution in [0.5, 0.6) is 0 Å². The molecule has 0 aliphatic carbocycles. The number of furan rings is 1. The van der Waals surface area contributed by atoms with E-state index in [0.717, 1.165) is 12.2 Å². The van der Waals surface area contributed by atoms with Gasteiger partial charge in [0.25, 0.3) is 0 Å². The Morgan fingerprint density at radius 2 is 2.33 bits per heavy atom. The third-order valence-corrected chi connectivity index (χ3v) is 1.63. The molecule has 2 nitrogen and oxygen atoms in total. The molecule has 0 radical (unpaired) electrons. The topological polar surface area (TPSA) is 30.2 Å². The van der Waals surface area contributed by atoms with Crippen LogP contribution in [0, 0.1) is 0 Å². The molecule has 0 atom stereocenters. The molecule has 0 aliphatic heterocycles. The first-order valence-corrected chi connectivity index (χ1v) is 5.03. The summed E-state index contributed by atoms with van der Waals surface area (Å²) >= 11 is 0. The van der Waals surface area contributed by atoms with Gasteiger partial charge in [-0.05, 0) is 25.1 Å². The van der Waals surface area contributed by atoms with Crippen molar-refractivity contribution in [3.8, 4) is 0 Å². The molecule has 0 bridgehead atoms. The maximum atomic E-state index is 10.3. The Morgan fingerprint density at radius 1 is 1.60 bits per heavy atom. The lowest BCUT2D eigenvalue weighted by Gasteiger charge is -1.81. The molecule has 2 heteroatoms. The molecule has 1 aromatic heterocycles. The summed E-state index contributed by atoms with van der Waals surface area (Å²) in [7, 11) is 0. The Labute approximate surface area is 91.3 Å². The van der Waals surface area contributed by atoms with Crippen LogP contribution in [0.1, 0.15) is 26.0 Å².